The molecule has 1 fully saturated rings. The quantitative estimate of drug-likeness (QED) is 0.764. The lowest BCUT2D eigenvalue weighted by atomic mass is 9.75. The lowest BCUT2D eigenvalue weighted by molar-refractivity contribution is -0.166. The van der Waals surface area contributed by atoms with Crippen molar-refractivity contribution in [1.29, 1.82) is 0 Å². The third-order valence-electron chi connectivity index (χ3n) is 5.03. The molecule has 1 N–H and O–H groups in total. The van der Waals surface area contributed by atoms with E-state index in [0.717, 1.165) is 0 Å². The molecule has 1 aliphatic heterocycles. The van der Waals surface area contributed by atoms with Crippen LogP contribution < -0.4 is 4.72 Å². The van der Waals surface area contributed by atoms with E-state index >= 15 is 0 Å². The first-order valence-corrected chi connectivity index (χ1v) is 10.6. The van der Waals surface area contributed by atoms with Crippen molar-refractivity contribution >= 4 is 17.0 Å². The highest BCUT2D eigenvalue weighted by Gasteiger charge is 2.64. The van der Waals surface area contributed by atoms with Crippen LogP contribution in [-0.2, 0) is 30.9 Å². The molecule has 1 saturated heterocycles. The molecular formula is C21H33NO4S. The normalized spacial score (nSPS) is 27.1. The Morgan fingerprint density at radius 2 is 1.63 bits per heavy atom. The van der Waals surface area contributed by atoms with E-state index in [9.17, 15) is 9.00 Å². The van der Waals surface area contributed by atoms with Crippen LogP contribution >= 0.6 is 0 Å². The van der Waals surface area contributed by atoms with Gasteiger partial charge in [0.05, 0.1) is 21.3 Å². The first-order valence-electron chi connectivity index (χ1n) is 9.42. The number of benzene rings is 1. The maximum absolute atomic E-state index is 13.3. The third-order valence-corrected chi connectivity index (χ3v) is 6.78. The number of hydrogen-bond acceptors (Lipinski definition) is 4. The fourth-order valence-corrected chi connectivity index (χ4v) is 4.05. The predicted molar refractivity (Wildman–Crippen MR) is 108 cm³/mol. The molecule has 0 bridgehead atoms. The predicted octanol–water partition coefficient (Wildman–Crippen LogP) is 4.05. The van der Waals surface area contributed by atoms with E-state index in [4.69, 9.17) is 9.47 Å². The number of ether oxygens (including phenoxy) is 2. The average Bonchev–Trinajstić information content (AvgIpc) is 2.94. The number of carbonyl (C=O) groups excluding carboxylic acids is 1. The lowest BCUT2D eigenvalue weighted by Crippen LogP contribution is -2.63. The Bertz CT molecular complexity index is 707. The first-order chi connectivity index (χ1) is 12.3. The fraction of sp³-hybridized carbons (Fsp3) is 0.667. The summed E-state index contributed by atoms with van der Waals surface area (Å²) >= 11 is 0. The highest BCUT2D eigenvalue weighted by Crippen LogP contribution is 2.48. The smallest absolute Gasteiger partial charge is 0.347 e. The van der Waals surface area contributed by atoms with Crippen molar-refractivity contribution in [2.75, 3.05) is 0 Å². The standard InChI is InChI=1S/C21H33NO4S/c1-9-20(8,22-27(24)19(5,6)7)21(15-13-11-10-12-14-15)16(23)25-17(26-21)18(2,3)4/h10-14,17,22H,9H2,1-8H3/t17-,20+,21+,27?/m1/s1. The number of esters is 1. The van der Waals surface area contributed by atoms with Crippen molar-refractivity contribution in [1.82, 2.24) is 4.72 Å². The van der Waals surface area contributed by atoms with Gasteiger partial charge in [-0.1, -0.05) is 58.0 Å². The number of hydrogen-bond donors (Lipinski definition) is 1. The van der Waals surface area contributed by atoms with Gasteiger partial charge >= 0.3 is 5.97 Å². The van der Waals surface area contributed by atoms with Gasteiger partial charge in [-0.15, -0.1) is 0 Å². The van der Waals surface area contributed by atoms with Crippen molar-refractivity contribution in [2.24, 2.45) is 5.41 Å². The van der Waals surface area contributed by atoms with Gasteiger partial charge in [0, 0.05) is 5.41 Å². The summed E-state index contributed by atoms with van der Waals surface area (Å²) in [4.78, 5) is 13.3. The van der Waals surface area contributed by atoms with Crippen molar-refractivity contribution in [2.45, 2.75) is 84.0 Å². The average molecular weight is 396 g/mol. The van der Waals surface area contributed by atoms with Crippen LogP contribution in [0.5, 0.6) is 0 Å². The van der Waals surface area contributed by atoms with Crippen molar-refractivity contribution in [3.63, 3.8) is 0 Å². The molecule has 27 heavy (non-hydrogen) atoms. The number of cyclic esters (lactones) is 1. The Morgan fingerprint density at radius 1 is 1.07 bits per heavy atom. The van der Waals surface area contributed by atoms with Gasteiger partial charge in [-0.25, -0.2) is 13.7 Å². The van der Waals surface area contributed by atoms with E-state index in [-0.39, 0.29) is 5.41 Å². The van der Waals surface area contributed by atoms with Crippen LogP contribution in [0.2, 0.25) is 0 Å². The second-order valence-corrected chi connectivity index (χ2v) is 11.4. The van der Waals surface area contributed by atoms with Crippen LogP contribution in [0.15, 0.2) is 30.3 Å². The van der Waals surface area contributed by atoms with Gasteiger partial charge in [-0.05, 0) is 39.7 Å². The summed E-state index contributed by atoms with van der Waals surface area (Å²) in [6.45, 7) is 15.4. The Hall–Kier alpha value is -1.24. The summed E-state index contributed by atoms with van der Waals surface area (Å²) in [6.07, 6.45) is -0.170. The minimum absolute atomic E-state index is 0.385. The van der Waals surface area contributed by atoms with Gasteiger partial charge < -0.3 is 9.47 Å². The van der Waals surface area contributed by atoms with Gasteiger partial charge in [0.2, 0.25) is 11.9 Å². The molecule has 0 spiro atoms. The first kappa shape index (κ1) is 22.1. The SMILES string of the molecule is CC[C@](C)(NS(=O)C(C)(C)C)[C@@]1(c2ccccc2)O[C@H](C(C)(C)C)OC1=O. The molecule has 1 aromatic carbocycles. The van der Waals surface area contributed by atoms with E-state index in [1.165, 1.54) is 0 Å². The maximum atomic E-state index is 13.3. The molecule has 1 aromatic rings. The third kappa shape index (κ3) is 3.98. The molecule has 5 nitrogen and oxygen atoms in total. The van der Waals surface area contributed by atoms with Crippen LogP contribution in [-0.4, -0.2) is 26.8 Å². The zero-order valence-corrected chi connectivity index (χ0v) is 18.5. The molecule has 6 heteroatoms. The van der Waals surface area contributed by atoms with Crippen LogP contribution in [0, 0.1) is 5.41 Å². The summed E-state index contributed by atoms with van der Waals surface area (Å²) in [5.74, 6) is -0.448. The Kier molecular flexibility index (Phi) is 5.96. The second kappa shape index (κ2) is 7.30. The molecule has 2 rings (SSSR count). The van der Waals surface area contributed by atoms with E-state index in [0.29, 0.717) is 12.0 Å². The molecule has 0 radical (unpaired) electrons. The fourth-order valence-electron chi connectivity index (χ4n) is 3.05. The van der Waals surface area contributed by atoms with Crippen LogP contribution in [0.25, 0.3) is 0 Å². The Labute approximate surface area is 165 Å². The van der Waals surface area contributed by atoms with Crippen molar-refractivity contribution < 1.29 is 18.5 Å². The number of nitrogens with one attached hydrogen (secondary N) is 1. The molecule has 0 aromatic heterocycles. The minimum Gasteiger partial charge on any atom is -0.433 e. The van der Waals surface area contributed by atoms with E-state index < -0.39 is 39.1 Å². The lowest BCUT2D eigenvalue weighted by Gasteiger charge is -2.44. The molecule has 1 heterocycles. The summed E-state index contributed by atoms with van der Waals surface area (Å²) in [6, 6.07) is 9.36. The molecule has 0 amide bonds. The summed E-state index contributed by atoms with van der Waals surface area (Å²) in [5.41, 5.74) is -2.00. The summed E-state index contributed by atoms with van der Waals surface area (Å²) in [5, 5.41) is 0. The monoisotopic (exact) mass is 395 g/mol. The largest absolute Gasteiger partial charge is 0.433 e. The second-order valence-electron chi connectivity index (χ2n) is 9.44. The number of rotatable bonds is 5. The molecule has 1 unspecified atom stereocenters. The van der Waals surface area contributed by atoms with Crippen LogP contribution in [0.3, 0.4) is 0 Å². The molecule has 0 saturated carbocycles. The number of carbonyl (C=O) groups is 1. The summed E-state index contributed by atoms with van der Waals surface area (Å²) < 4.78 is 27.8. The molecular weight excluding hydrogens is 362 g/mol. The van der Waals surface area contributed by atoms with Crippen LogP contribution in [0.1, 0.15) is 67.4 Å². The van der Waals surface area contributed by atoms with Crippen LogP contribution in [0.4, 0.5) is 0 Å². The molecule has 152 valence electrons. The highest BCUT2D eigenvalue weighted by molar-refractivity contribution is 7.84. The van der Waals surface area contributed by atoms with E-state index in [1.807, 2.05) is 85.7 Å². The highest BCUT2D eigenvalue weighted by atomic mass is 32.2. The molecule has 4 atom stereocenters. The van der Waals surface area contributed by atoms with Gasteiger partial charge in [-0.2, -0.15) is 0 Å². The summed E-state index contributed by atoms with van der Waals surface area (Å²) in [7, 11) is -1.39. The Balaban J connectivity index is 2.63. The van der Waals surface area contributed by atoms with Crippen molar-refractivity contribution in [3.8, 4) is 0 Å². The van der Waals surface area contributed by atoms with Crippen molar-refractivity contribution in [3.05, 3.63) is 35.9 Å². The topological polar surface area (TPSA) is 64.6 Å². The van der Waals surface area contributed by atoms with Gasteiger partial charge in [0.25, 0.3) is 0 Å². The molecule has 1 aliphatic rings. The van der Waals surface area contributed by atoms with Gasteiger partial charge in [0.15, 0.2) is 0 Å². The van der Waals surface area contributed by atoms with Gasteiger partial charge in [-0.3, -0.25) is 0 Å². The maximum Gasteiger partial charge on any atom is 0.347 e. The molecule has 0 aliphatic carbocycles. The zero-order valence-electron chi connectivity index (χ0n) is 17.7. The minimum atomic E-state index is -1.39. The van der Waals surface area contributed by atoms with E-state index in [2.05, 4.69) is 4.72 Å². The Morgan fingerprint density at radius 3 is 2.04 bits per heavy atom. The zero-order chi connectivity index (χ0) is 20.7. The van der Waals surface area contributed by atoms with E-state index in [1.54, 1.807) is 0 Å². The van der Waals surface area contributed by atoms with Gasteiger partial charge in [0.1, 0.15) is 0 Å².